The molecule has 0 N–H and O–H groups in total. The fourth-order valence-corrected chi connectivity index (χ4v) is 4.54. The largest absolute Gasteiger partial charge is 0.302 e. The maximum atomic E-state index is 12.6. The zero-order valence-corrected chi connectivity index (χ0v) is 13.0. The Kier molecular flexibility index (Phi) is 5.22. The van der Waals surface area contributed by atoms with Crippen molar-refractivity contribution in [1.82, 2.24) is 13.5 Å². The van der Waals surface area contributed by atoms with Crippen LogP contribution in [0.15, 0.2) is 0 Å². The number of hydrogen-bond acceptors (Lipinski definition) is 3. The summed E-state index contributed by atoms with van der Waals surface area (Å²) in [6.45, 7) is 3.08. The van der Waals surface area contributed by atoms with E-state index in [-0.39, 0.29) is 0 Å². The average Bonchev–Trinajstić information content (AvgIpc) is 2.64. The summed E-state index contributed by atoms with van der Waals surface area (Å²) in [5, 5.41) is 0. The third kappa shape index (κ3) is 3.68. The van der Waals surface area contributed by atoms with E-state index in [0.29, 0.717) is 25.7 Å². The number of hydrogen-bond donors (Lipinski definition) is 0. The van der Waals surface area contributed by atoms with E-state index in [2.05, 4.69) is 11.9 Å². The summed E-state index contributed by atoms with van der Waals surface area (Å²) in [6, 6.07) is 0.381. The van der Waals surface area contributed by atoms with Crippen LogP contribution in [0.1, 0.15) is 38.5 Å². The molecule has 19 heavy (non-hydrogen) atoms. The molecule has 1 atom stereocenters. The monoisotopic (exact) mass is 289 g/mol. The molecule has 0 amide bonds. The standard InChI is InChI=1S/C13H27N3O2S/c1-14-9-7-8-13(14)12-15(2)19(17,18)16-10-5-3-4-6-11-16/h13H,3-12H2,1-2H3. The molecule has 1 unspecified atom stereocenters. The lowest BCUT2D eigenvalue weighted by Gasteiger charge is -2.30. The van der Waals surface area contributed by atoms with Gasteiger partial charge >= 0.3 is 0 Å². The first kappa shape index (κ1) is 15.2. The van der Waals surface area contributed by atoms with Crippen molar-refractivity contribution in [3.63, 3.8) is 0 Å². The van der Waals surface area contributed by atoms with Crippen molar-refractivity contribution in [2.75, 3.05) is 40.3 Å². The molecule has 2 aliphatic heterocycles. The third-order valence-electron chi connectivity index (χ3n) is 4.42. The second-order valence-electron chi connectivity index (χ2n) is 5.88. The minimum absolute atomic E-state index is 0.381. The van der Waals surface area contributed by atoms with Gasteiger partial charge in [-0.25, -0.2) is 0 Å². The predicted octanol–water partition coefficient (Wildman–Crippen LogP) is 1.13. The predicted molar refractivity (Wildman–Crippen MR) is 77.2 cm³/mol. The Labute approximate surface area is 117 Å². The van der Waals surface area contributed by atoms with Gasteiger partial charge in [-0.15, -0.1) is 0 Å². The molecule has 2 rings (SSSR count). The molecule has 0 aromatic heterocycles. The van der Waals surface area contributed by atoms with Gasteiger partial charge in [0.15, 0.2) is 0 Å². The van der Waals surface area contributed by atoms with Gasteiger partial charge in [0.1, 0.15) is 0 Å². The molecule has 0 radical (unpaired) electrons. The second-order valence-corrected chi connectivity index (χ2v) is 7.91. The fraction of sp³-hybridized carbons (Fsp3) is 1.00. The molecular weight excluding hydrogens is 262 g/mol. The van der Waals surface area contributed by atoms with Gasteiger partial charge in [-0.2, -0.15) is 17.0 Å². The summed E-state index contributed by atoms with van der Waals surface area (Å²) in [7, 11) is 0.560. The van der Waals surface area contributed by atoms with Crippen molar-refractivity contribution >= 4 is 10.2 Å². The Morgan fingerprint density at radius 1 is 1.05 bits per heavy atom. The maximum absolute atomic E-state index is 12.6. The fourth-order valence-electron chi connectivity index (χ4n) is 3.07. The molecule has 0 bridgehead atoms. The van der Waals surface area contributed by atoms with Gasteiger partial charge in [-0.05, 0) is 39.3 Å². The van der Waals surface area contributed by atoms with Crippen LogP contribution in [0.3, 0.4) is 0 Å². The number of likely N-dealkylation sites (N-methyl/N-ethyl adjacent to an activating group) is 2. The molecule has 0 spiro atoms. The summed E-state index contributed by atoms with van der Waals surface area (Å²) in [5.74, 6) is 0. The second kappa shape index (κ2) is 6.52. The van der Waals surface area contributed by atoms with Gasteiger partial charge in [0, 0.05) is 32.7 Å². The summed E-state index contributed by atoms with van der Waals surface area (Å²) in [6.07, 6.45) is 6.59. The number of nitrogens with zero attached hydrogens (tertiary/aromatic N) is 3. The van der Waals surface area contributed by atoms with E-state index in [1.807, 2.05) is 0 Å². The van der Waals surface area contributed by atoms with Crippen LogP contribution < -0.4 is 0 Å². The SMILES string of the molecule is CN1CCCC1CN(C)S(=O)(=O)N1CCCCCC1. The van der Waals surface area contributed by atoms with Crippen LogP contribution in [0.4, 0.5) is 0 Å². The van der Waals surface area contributed by atoms with Crippen LogP contribution in [0, 0.1) is 0 Å². The van der Waals surface area contributed by atoms with E-state index in [1.165, 1.54) is 6.42 Å². The van der Waals surface area contributed by atoms with Crippen LogP contribution in [-0.2, 0) is 10.2 Å². The highest BCUT2D eigenvalue weighted by molar-refractivity contribution is 7.86. The van der Waals surface area contributed by atoms with Crippen molar-refractivity contribution in [3.05, 3.63) is 0 Å². The number of rotatable bonds is 4. The normalized spacial score (nSPS) is 27.8. The molecule has 0 aromatic carbocycles. The van der Waals surface area contributed by atoms with Crippen LogP contribution >= 0.6 is 0 Å². The van der Waals surface area contributed by atoms with E-state index in [4.69, 9.17) is 0 Å². The van der Waals surface area contributed by atoms with Crippen LogP contribution in [0.2, 0.25) is 0 Å². The Morgan fingerprint density at radius 2 is 1.68 bits per heavy atom. The van der Waals surface area contributed by atoms with Crippen molar-refractivity contribution in [3.8, 4) is 0 Å². The van der Waals surface area contributed by atoms with E-state index in [0.717, 1.165) is 38.6 Å². The average molecular weight is 289 g/mol. The van der Waals surface area contributed by atoms with Crippen molar-refractivity contribution in [2.24, 2.45) is 0 Å². The van der Waals surface area contributed by atoms with E-state index in [1.54, 1.807) is 15.7 Å². The van der Waals surface area contributed by atoms with Crippen LogP contribution in [0.25, 0.3) is 0 Å². The van der Waals surface area contributed by atoms with Gasteiger partial charge in [0.2, 0.25) is 0 Å². The molecule has 5 nitrogen and oxygen atoms in total. The molecule has 2 heterocycles. The molecule has 112 valence electrons. The molecule has 2 saturated heterocycles. The van der Waals surface area contributed by atoms with Crippen molar-refractivity contribution in [1.29, 1.82) is 0 Å². The Bertz CT molecular complexity index is 377. The van der Waals surface area contributed by atoms with Crippen molar-refractivity contribution < 1.29 is 8.42 Å². The van der Waals surface area contributed by atoms with Gasteiger partial charge in [0.05, 0.1) is 0 Å². The zero-order chi connectivity index (χ0) is 13.9. The number of likely N-dealkylation sites (tertiary alicyclic amines) is 1. The van der Waals surface area contributed by atoms with Gasteiger partial charge in [-0.1, -0.05) is 12.8 Å². The first-order chi connectivity index (χ1) is 9.01. The third-order valence-corrected chi connectivity index (χ3v) is 6.38. The van der Waals surface area contributed by atoms with Gasteiger partial charge in [0.25, 0.3) is 10.2 Å². The highest BCUT2D eigenvalue weighted by atomic mass is 32.2. The van der Waals surface area contributed by atoms with E-state index in [9.17, 15) is 8.42 Å². The Hall–Kier alpha value is -0.170. The quantitative estimate of drug-likeness (QED) is 0.779. The highest BCUT2D eigenvalue weighted by Gasteiger charge is 2.31. The van der Waals surface area contributed by atoms with Crippen LogP contribution in [0.5, 0.6) is 0 Å². The van der Waals surface area contributed by atoms with Gasteiger partial charge < -0.3 is 4.90 Å². The smallest absolute Gasteiger partial charge is 0.281 e. The molecule has 0 aliphatic carbocycles. The molecule has 0 saturated carbocycles. The maximum Gasteiger partial charge on any atom is 0.281 e. The topological polar surface area (TPSA) is 43.9 Å². The lowest BCUT2D eigenvalue weighted by Crippen LogP contribution is -2.46. The molecule has 2 fully saturated rings. The molecular formula is C13H27N3O2S. The van der Waals surface area contributed by atoms with Crippen LogP contribution in [-0.4, -0.2) is 68.2 Å². The lowest BCUT2D eigenvalue weighted by molar-refractivity contribution is 0.261. The molecule has 0 aromatic rings. The van der Waals surface area contributed by atoms with E-state index < -0.39 is 10.2 Å². The lowest BCUT2D eigenvalue weighted by atomic mass is 10.2. The molecule has 2 aliphatic rings. The first-order valence-electron chi connectivity index (χ1n) is 7.43. The van der Waals surface area contributed by atoms with Gasteiger partial charge in [-0.3, -0.25) is 0 Å². The summed E-state index contributed by atoms with van der Waals surface area (Å²) in [5.41, 5.74) is 0. The highest BCUT2D eigenvalue weighted by Crippen LogP contribution is 2.19. The summed E-state index contributed by atoms with van der Waals surface area (Å²) >= 11 is 0. The Morgan fingerprint density at radius 3 is 2.21 bits per heavy atom. The summed E-state index contributed by atoms with van der Waals surface area (Å²) in [4.78, 5) is 2.27. The minimum atomic E-state index is -3.26. The minimum Gasteiger partial charge on any atom is -0.302 e. The first-order valence-corrected chi connectivity index (χ1v) is 8.83. The zero-order valence-electron chi connectivity index (χ0n) is 12.2. The Balaban J connectivity index is 1.97. The molecule has 6 heteroatoms. The van der Waals surface area contributed by atoms with Crippen molar-refractivity contribution in [2.45, 2.75) is 44.6 Å². The summed E-state index contributed by atoms with van der Waals surface area (Å²) < 4.78 is 28.4. The van der Waals surface area contributed by atoms with E-state index >= 15 is 0 Å².